The summed E-state index contributed by atoms with van der Waals surface area (Å²) in [6.07, 6.45) is 0. The molecule has 0 aliphatic carbocycles. The van der Waals surface area contributed by atoms with Gasteiger partial charge in [-0.25, -0.2) is 4.79 Å². The molecule has 0 aromatic heterocycles. The highest BCUT2D eigenvalue weighted by molar-refractivity contribution is 5.89. The Balaban J connectivity index is 1.40. The highest BCUT2D eigenvalue weighted by Gasteiger charge is 2.10. The van der Waals surface area contributed by atoms with Crippen LogP contribution < -0.4 is 15.4 Å². The third-order valence-electron chi connectivity index (χ3n) is 3.91. The molecule has 1 heterocycles. The minimum atomic E-state index is -0.204. The number of nitrogens with one attached hydrogen (secondary N) is 2. The SMILES string of the molecule is O=C(NCCN1CCOCC1)Nc1ccc(Oc2ccccc2)cc1. The molecule has 0 unspecified atom stereocenters. The summed E-state index contributed by atoms with van der Waals surface area (Å²) in [6, 6.07) is 16.7. The Labute approximate surface area is 147 Å². The first-order valence-electron chi connectivity index (χ1n) is 8.47. The van der Waals surface area contributed by atoms with Gasteiger partial charge in [0.25, 0.3) is 0 Å². The number of benzene rings is 2. The molecule has 0 saturated carbocycles. The molecule has 3 rings (SSSR count). The molecule has 1 saturated heterocycles. The van der Waals surface area contributed by atoms with Gasteiger partial charge in [-0.15, -0.1) is 0 Å². The van der Waals surface area contributed by atoms with E-state index >= 15 is 0 Å². The molecule has 2 aromatic rings. The topological polar surface area (TPSA) is 62.8 Å². The Hall–Kier alpha value is -2.57. The van der Waals surface area contributed by atoms with Crippen molar-refractivity contribution in [3.05, 3.63) is 54.6 Å². The maximum Gasteiger partial charge on any atom is 0.319 e. The van der Waals surface area contributed by atoms with Crippen molar-refractivity contribution < 1.29 is 14.3 Å². The predicted octanol–water partition coefficient (Wildman–Crippen LogP) is 2.93. The van der Waals surface area contributed by atoms with E-state index in [4.69, 9.17) is 9.47 Å². The zero-order chi connectivity index (χ0) is 17.3. The first-order chi connectivity index (χ1) is 12.3. The Morgan fingerprint density at radius 2 is 1.68 bits per heavy atom. The highest BCUT2D eigenvalue weighted by atomic mass is 16.5. The number of hydrogen-bond donors (Lipinski definition) is 2. The molecule has 6 heteroatoms. The molecule has 0 atom stereocenters. The molecular weight excluding hydrogens is 318 g/mol. The lowest BCUT2D eigenvalue weighted by molar-refractivity contribution is 0.0388. The second-order valence-electron chi connectivity index (χ2n) is 5.77. The Morgan fingerprint density at radius 3 is 2.40 bits per heavy atom. The number of nitrogens with zero attached hydrogens (tertiary/aromatic N) is 1. The molecule has 6 nitrogen and oxygen atoms in total. The fourth-order valence-corrected chi connectivity index (χ4v) is 2.56. The number of carbonyl (C=O) groups is 1. The van der Waals surface area contributed by atoms with Crippen LogP contribution in [0.1, 0.15) is 0 Å². The van der Waals surface area contributed by atoms with Gasteiger partial charge < -0.3 is 20.1 Å². The van der Waals surface area contributed by atoms with Crippen LogP contribution in [0.4, 0.5) is 10.5 Å². The monoisotopic (exact) mass is 341 g/mol. The van der Waals surface area contributed by atoms with Crippen molar-refractivity contribution in [3.8, 4) is 11.5 Å². The number of anilines is 1. The zero-order valence-corrected chi connectivity index (χ0v) is 14.1. The number of ether oxygens (including phenoxy) is 2. The van der Waals surface area contributed by atoms with Crippen molar-refractivity contribution in [3.63, 3.8) is 0 Å². The van der Waals surface area contributed by atoms with Gasteiger partial charge in [0.05, 0.1) is 13.2 Å². The Morgan fingerprint density at radius 1 is 1.00 bits per heavy atom. The van der Waals surface area contributed by atoms with Crippen LogP contribution >= 0.6 is 0 Å². The molecule has 1 aliphatic heterocycles. The van der Waals surface area contributed by atoms with Crippen molar-refractivity contribution in [1.82, 2.24) is 10.2 Å². The van der Waals surface area contributed by atoms with Gasteiger partial charge in [-0.1, -0.05) is 18.2 Å². The first-order valence-corrected chi connectivity index (χ1v) is 8.47. The van der Waals surface area contributed by atoms with E-state index in [1.165, 1.54) is 0 Å². The largest absolute Gasteiger partial charge is 0.457 e. The van der Waals surface area contributed by atoms with Crippen molar-refractivity contribution in [2.45, 2.75) is 0 Å². The van der Waals surface area contributed by atoms with Gasteiger partial charge in [0.1, 0.15) is 11.5 Å². The number of amides is 2. The number of carbonyl (C=O) groups excluding carboxylic acids is 1. The van der Waals surface area contributed by atoms with Crippen LogP contribution in [0.5, 0.6) is 11.5 Å². The van der Waals surface area contributed by atoms with Crippen molar-refractivity contribution in [1.29, 1.82) is 0 Å². The van der Waals surface area contributed by atoms with Crippen LogP contribution in [0.2, 0.25) is 0 Å². The van der Waals surface area contributed by atoms with Crippen LogP contribution in [-0.2, 0) is 4.74 Å². The van der Waals surface area contributed by atoms with Gasteiger partial charge >= 0.3 is 6.03 Å². The van der Waals surface area contributed by atoms with Gasteiger partial charge in [0.15, 0.2) is 0 Å². The van der Waals surface area contributed by atoms with E-state index in [0.717, 1.165) is 50.0 Å². The van der Waals surface area contributed by atoms with Crippen molar-refractivity contribution in [2.75, 3.05) is 44.7 Å². The summed E-state index contributed by atoms with van der Waals surface area (Å²) in [6.45, 7) is 4.83. The molecule has 2 N–H and O–H groups in total. The smallest absolute Gasteiger partial charge is 0.319 e. The summed E-state index contributed by atoms with van der Waals surface area (Å²) in [4.78, 5) is 14.2. The summed E-state index contributed by atoms with van der Waals surface area (Å²) in [7, 11) is 0. The molecule has 0 spiro atoms. The van der Waals surface area contributed by atoms with E-state index < -0.39 is 0 Å². The van der Waals surface area contributed by atoms with Crippen molar-refractivity contribution >= 4 is 11.7 Å². The maximum atomic E-state index is 11.9. The van der Waals surface area contributed by atoms with E-state index in [9.17, 15) is 4.79 Å². The quantitative estimate of drug-likeness (QED) is 0.848. The number of para-hydroxylation sites is 1. The summed E-state index contributed by atoms with van der Waals surface area (Å²) in [5.74, 6) is 1.51. The second-order valence-corrected chi connectivity index (χ2v) is 5.77. The molecule has 0 radical (unpaired) electrons. The van der Waals surface area contributed by atoms with E-state index in [-0.39, 0.29) is 6.03 Å². The summed E-state index contributed by atoms with van der Waals surface area (Å²) >= 11 is 0. The fraction of sp³-hybridized carbons (Fsp3) is 0.316. The molecule has 2 aromatic carbocycles. The fourth-order valence-electron chi connectivity index (χ4n) is 2.56. The lowest BCUT2D eigenvalue weighted by atomic mass is 10.3. The van der Waals surface area contributed by atoms with Gasteiger partial charge in [0.2, 0.25) is 0 Å². The highest BCUT2D eigenvalue weighted by Crippen LogP contribution is 2.22. The third-order valence-corrected chi connectivity index (χ3v) is 3.91. The van der Waals surface area contributed by atoms with E-state index in [0.29, 0.717) is 6.54 Å². The Kier molecular flexibility index (Phi) is 6.25. The first kappa shape index (κ1) is 17.3. The number of urea groups is 1. The number of hydrogen-bond acceptors (Lipinski definition) is 4. The lowest BCUT2D eigenvalue weighted by Gasteiger charge is -2.26. The normalized spacial score (nSPS) is 14.7. The van der Waals surface area contributed by atoms with Gasteiger partial charge in [0, 0.05) is 31.9 Å². The van der Waals surface area contributed by atoms with Gasteiger partial charge in [-0.2, -0.15) is 0 Å². The predicted molar refractivity (Wildman–Crippen MR) is 97.2 cm³/mol. The van der Waals surface area contributed by atoms with Crippen LogP contribution in [0, 0.1) is 0 Å². The molecule has 1 aliphatic rings. The summed E-state index contributed by atoms with van der Waals surface area (Å²) < 4.78 is 11.0. The van der Waals surface area contributed by atoms with Crippen LogP contribution in [-0.4, -0.2) is 50.3 Å². The number of rotatable bonds is 6. The molecule has 132 valence electrons. The Bertz CT molecular complexity index is 655. The average molecular weight is 341 g/mol. The van der Waals surface area contributed by atoms with Gasteiger partial charge in [-0.3, -0.25) is 4.90 Å². The van der Waals surface area contributed by atoms with E-state index in [2.05, 4.69) is 15.5 Å². The third kappa shape index (κ3) is 5.77. The van der Waals surface area contributed by atoms with Crippen molar-refractivity contribution in [2.24, 2.45) is 0 Å². The van der Waals surface area contributed by atoms with Crippen LogP contribution in [0.3, 0.4) is 0 Å². The summed E-state index contributed by atoms with van der Waals surface area (Å²) in [5, 5.41) is 5.69. The molecule has 25 heavy (non-hydrogen) atoms. The van der Waals surface area contributed by atoms with Crippen LogP contribution in [0.25, 0.3) is 0 Å². The molecule has 0 bridgehead atoms. The molecule has 2 amide bonds. The average Bonchev–Trinajstić information content (AvgIpc) is 2.65. The lowest BCUT2D eigenvalue weighted by Crippen LogP contribution is -2.42. The molecule has 1 fully saturated rings. The van der Waals surface area contributed by atoms with Crippen LogP contribution in [0.15, 0.2) is 54.6 Å². The summed E-state index contributed by atoms with van der Waals surface area (Å²) in [5.41, 5.74) is 0.726. The zero-order valence-electron chi connectivity index (χ0n) is 14.1. The number of morpholine rings is 1. The maximum absolute atomic E-state index is 11.9. The van der Waals surface area contributed by atoms with E-state index in [1.807, 2.05) is 54.6 Å². The molecular formula is C19H23N3O3. The minimum Gasteiger partial charge on any atom is -0.457 e. The minimum absolute atomic E-state index is 0.204. The van der Waals surface area contributed by atoms with E-state index in [1.54, 1.807) is 0 Å². The second kappa shape index (κ2) is 9.05. The van der Waals surface area contributed by atoms with Gasteiger partial charge in [-0.05, 0) is 36.4 Å². The standard InChI is InChI=1S/C19H23N3O3/c23-19(20-10-11-22-12-14-24-15-13-22)21-16-6-8-18(9-7-16)25-17-4-2-1-3-5-17/h1-9H,10-15H2,(H2,20,21,23).